The Balaban J connectivity index is 3.01. The molecule has 0 aromatic carbocycles. The highest BCUT2D eigenvalue weighted by molar-refractivity contribution is 6.17. The summed E-state index contributed by atoms with van der Waals surface area (Å²) in [5.41, 5.74) is 1.69. The lowest BCUT2D eigenvalue weighted by atomic mass is 10.0. The molecular weight excluding hydrogens is 406 g/mol. The van der Waals surface area contributed by atoms with E-state index in [0.717, 1.165) is 18.7 Å². The third kappa shape index (κ3) is 27.7. The lowest BCUT2D eigenvalue weighted by Gasteiger charge is -2.04. The van der Waals surface area contributed by atoms with Crippen molar-refractivity contribution in [2.24, 2.45) is 0 Å². The molecule has 0 atom stereocenters. The number of hydroxylamine groups is 1. The van der Waals surface area contributed by atoms with Crippen LogP contribution in [-0.2, 0) is 4.79 Å². The van der Waals surface area contributed by atoms with Gasteiger partial charge in [0.2, 0.25) is 5.91 Å². The molecular formula is C27H54ClNO2. The number of amides is 1. The summed E-state index contributed by atoms with van der Waals surface area (Å²) in [4.78, 5) is 10.9. The number of alkyl halides is 1. The molecule has 3 nitrogen and oxygen atoms in total. The van der Waals surface area contributed by atoms with E-state index < -0.39 is 0 Å². The summed E-state index contributed by atoms with van der Waals surface area (Å²) >= 11 is 5.70. The van der Waals surface area contributed by atoms with E-state index in [1.54, 1.807) is 5.48 Å². The molecule has 0 saturated heterocycles. The molecule has 0 aliphatic heterocycles. The average molecular weight is 460 g/mol. The first-order valence-electron chi connectivity index (χ1n) is 13.8. The zero-order chi connectivity index (χ0) is 22.7. The van der Waals surface area contributed by atoms with Gasteiger partial charge in [-0.3, -0.25) is 10.0 Å². The van der Waals surface area contributed by atoms with Crippen LogP contribution in [0.3, 0.4) is 0 Å². The number of nitrogens with one attached hydrogen (secondary N) is 1. The second-order valence-electron chi connectivity index (χ2n) is 9.46. The number of unbranched alkanes of at least 4 members (excludes halogenated alkanes) is 23. The predicted octanol–water partition coefficient (Wildman–Crippen LogP) is 9.48. The molecule has 0 rings (SSSR count). The summed E-state index contributed by atoms with van der Waals surface area (Å²) < 4.78 is 0. The quantitative estimate of drug-likeness (QED) is 0.0585. The highest BCUT2D eigenvalue weighted by Gasteiger charge is 1.99. The number of rotatable bonds is 26. The first kappa shape index (κ1) is 30.7. The van der Waals surface area contributed by atoms with Crippen molar-refractivity contribution in [1.82, 2.24) is 5.48 Å². The Morgan fingerprint density at radius 3 is 0.903 bits per heavy atom. The van der Waals surface area contributed by atoms with Crippen molar-refractivity contribution in [3.63, 3.8) is 0 Å². The molecule has 0 aromatic rings. The Morgan fingerprint density at radius 1 is 0.452 bits per heavy atom. The van der Waals surface area contributed by atoms with E-state index in [4.69, 9.17) is 16.8 Å². The second-order valence-corrected chi connectivity index (χ2v) is 9.84. The molecule has 0 fully saturated rings. The Morgan fingerprint density at radius 2 is 0.677 bits per heavy atom. The largest absolute Gasteiger partial charge is 0.289 e. The van der Waals surface area contributed by atoms with E-state index in [-0.39, 0.29) is 5.91 Å². The highest BCUT2D eigenvalue weighted by atomic mass is 35.5. The Kier molecular flexibility index (Phi) is 27.5. The van der Waals surface area contributed by atoms with Crippen molar-refractivity contribution in [1.29, 1.82) is 0 Å². The van der Waals surface area contributed by atoms with Crippen LogP contribution >= 0.6 is 11.6 Å². The van der Waals surface area contributed by atoms with Gasteiger partial charge in [0.15, 0.2) is 0 Å². The lowest BCUT2D eigenvalue weighted by Crippen LogP contribution is -2.17. The minimum absolute atomic E-state index is 0.258. The maximum Gasteiger partial charge on any atom is 0.243 e. The topological polar surface area (TPSA) is 49.3 Å². The van der Waals surface area contributed by atoms with Crippen molar-refractivity contribution < 1.29 is 10.0 Å². The van der Waals surface area contributed by atoms with E-state index in [9.17, 15) is 4.79 Å². The van der Waals surface area contributed by atoms with Gasteiger partial charge in [-0.25, -0.2) is 5.48 Å². The van der Waals surface area contributed by atoms with Crippen LogP contribution in [0.2, 0.25) is 0 Å². The van der Waals surface area contributed by atoms with Crippen LogP contribution in [0.1, 0.15) is 161 Å². The van der Waals surface area contributed by atoms with Crippen LogP contribution in [0.15, 0.2) is 0 Å². The smallest absolute Gasteiger partial charge is 0.243 e. The SMILES string of the molecule is O=C(CCCCCCCCCCCCCCCCCCCCCCCCCCCl)NO. The van der Waals surface area contributed by atoms with Gasteiger partial charge in [0.25, 0.3) is 0 Å². The summed E-state index contributed by atoms with van der Waals surface area (Å²) in [5.74, 6) is 0.575. The Hall–Kier alpha value is -0.280. The molecule has 1 amide bonds. The molecule has 0 aromatic heterocycles. The van der Waals surface area contributed by atoms with Gasteiger partial charge in [0.1, 0.15) is 0 Å². The number of hydrogen-bond donors (Lipinski definition) is 2. The van der Waals surface area contributed by atoms with E-state index in [0.29, 0.717) is 6.42 Å². The maximum atomic E-state index is 10.9. The molecule has 186 valence electrons. The van der Waals surface area contributed by atoms with Gasteiger partial charge in [-0.05, 0) is 12.8 Å². The minimum Gasteiger partial charge on any atom is -0.289 e. The first-order valence-corrected chi connectivity index (χ1v) is 14.3. The maximum absolute atomic E-state index is 10.9. The molecule has 0 radical (unpaired) electrons. The van der Waals surface area contributed by atoms with Crippen molar-refractivity contribution in [3.05, 3.63) is 0 Å². The van der Waals surface area contributed by atoms with Crippen LogP contribution in [0.4, 0.5) is 0 Å². The second kappa shape index (κ2) is 27.8. The van der Waals surface area contributed by atoms with Crippen molar-refractivity contribution >= 4 is 17.5 Å². The first-order chi connectivity index (χ1) is 15.3. The zero-order valence-corrected chi connectivity index (χ0v) is 21.4. The van der Waals surface area contributed by atoms with E-state index in [1.165, 1.54) is 141 Å². The van der Waals surface area contributed by atoms with E-state index in [2.05, 4.69) is 0 Å². The predicted molar refractivity (Wildman–Crippen MR) is 136 cm³/mol. The van der Waals surface area contributed by atoms with Crippen LogP contribution in [0, 0.1) is 0 Å². The number of hydrogen-bond acceptors (Lipinski definition) is 2. The summed E-state index contributed by atoms with van der Waals surface area (Å²) in [6, 6.07) is 0. The van der Waals surface area contributed by atoms with Gasteiger partial charge in [0.05, 0.1) is 0 Å². The third-order valence-electron chi connectivity index (χ3n) is 6.41. The standard InChI is InChI=1S/C27H54ClNO2/c28-26-24-22-20-18-16-14-12-10-8-6-4-2-1-3-5-7-9-11-13-15-17-19-21-23-25-27(30)29-31/h31H,1-26H2,(H,29,30). The monoisotopic (exact) mass is 459 g/mol. The summed E-state index contributed by atoms with van der Waals surface area (Å²) in [6.07, 6.45) is 33.0. The Bertz CT molecular complexity index is 352. The number of halogens is 1. The van der Waals surface area contributed by atoms with E-state index in [1.807, 2.05) is 0 Å². The van der Waals surface area contributed by atoms with Crippen LogP contribution in [0.25, 0.3) is 0 Å². The van der Waals surface area contributed by atoms with Gasteiger partial charge in [-0.1, -0.05) is 141 Å². The fraction of sp³-hybridized carbons (Fsp3) is 0.963. The van der Waals surface area contributed by atoms with Gasteiger partial charge in [0, 0.05) is 12.3 Å². The summed E-state index contributed by atoms with van der Waals surface area (Å²) in [6.45, 7) is 0. The van der Waals surface area contributed by atoms with Gasteiger partial charge in [-0.15, -0.1) is 11.6 Å². The van der Waals surface area contributed by atoms with Crippen LogP contribution in [0.5, 0.6) is 0 Å². The molecule has 0 unspecified atom stereocenters. The fourth-order valence-electron chi connectivity index (χ4n) is 4.33. The van der Waals surface area contributed by atoms with Gasteiger partial charge >= 0.3 is 0 Å². The third-order valence-corrected chi connectivity index (χ3v) is 6.68. The average Bonchev–Trinajstić information content (AvgIpc) is 2.78. The lowest BCUT2D eigenvalue weighted by molar-refractivity contribution is -0.129. The normalized spacial score (nSPS) is 11.2. The molecule has 2 N–H and O–H groups in total. The summed E-state index contributed by atoms with van der Waals surface area (Å²) in [5, 5.41) is 8.42. The highest BCUT2D eigenvalue weighted by Crippen LogP contribution is 2.15. The molecule has 0 aliphatic rings. The molecule has 0 saturated carbocycles. The molecule has 0 heterocycles. The molecule has 4 heteroatoms. The van der Waals surface area contributed by atoms with Gasteiger partial charge in [-0.2, -0.15) is 0 Å². The minimum atomic E-state index is -0.258. The number of carbonyl (C=O) groups is 1. The number of carbonyl (C=O) groups excluding carboxylic acids is 1. The molecule has 0 bridgehead atoms. The van der Waals surface area contributed by atoms with Crippen LogP contribution < -0.4 is 5.48 Å². The zero-order valence-electron chi connectivity index (χ0n) is 20.6. The van der Waals surface area contributed by atoms with E-state index >= 15 is 0 Å². The van der Waals surface area contributed by atoms with Gasteiger partial charge < -0.3 is 0 Å². The van der Waals surface area contributed by atoms with Crippen molar-refractivity contribution in [2.45, 2.75) is 161 Å². The molecule has 0 spiro atoms. The Labute approximate surface area is 199 Å². The molecule has 31 heavy (non-hydrogen) atoms. The van der Waals surface area contributed by atoms with Crippen molar-refractivity contribution in [3.8, 4) is 0 Å². The van der Waals surface area contributed by atoms with Crippen LogP contribution in [-0.4, -0.2) is 17.0 Å². The molecule has 0 aliphatic carbocycles. The summed E-state index contributed by atoms with van der Waals surface area (Å²) in [7, 11) is 0. The fourth-order valence-corrected chi connectivity index (χ4v) is 4.51. The van der Waals surface area contributed by atoms with Crippen molar-refractivity contribution in [2.75, 3.05) is 5.88 Å².